The van der Waals surface area contributed by atoms with E-state index in [-0.39, 0.29) is 0 Å². The van der Waals surface area contributed by atoms with Crippen LogP contribution in [-0.2, 0) is 38.1 Å². The van der Waals surface area contributed by atoms with Crippen LogP contribution in [0.1, 0.15) is 83.1 Å². The van der Waals surface area contributed by atoms with Gasteiger partial charge < -0.3 is 29.3 Å². The first-order valence-electron chi connectivity index (χ1n) is 12.1. The fraction of sp³-hybridized carbons (Fsp3) is 0.808. The first kappa shape index (κ1) is 34.3. The molecule has 0 fully saturated rings. The molecule has 0 aromatic rings. The van der Waals surface area contributed by atoms with Crippen molar-refractivity contribution in [2.24, 2.45) is 26.8 Å². The second-order valence-corrected chi connectivity index (χ2v) is 13.0. The molecule has 11 nitrogen and oxygen atoms in total. The minimum absolute atomic E-state index is 0.627. The molecular formula is C26H45NO10. The predicted molar refractivity (Wildman–Crippen MR) is 135 cm³/mol. The third kappa shape index (κ3) is 11.5. The maximum atomic E-state index is 12.9. The third-order valence-electron chi connectivity index (χ3n) is 4.80. The van der Waals surface area contributed by atoms with Crippen molar-refractivity contribution in [2.75, 3.05) is 6.61 Å². The van der Waals surface area contributed by atoms with Gasteiger partial charge in [-0.3, -0.25) is 19.2 Å². The number of hydrogen-bond acceptors (Lipinski definition) is 11. The summed E-state index contributed by atoms with van der Waals surface area (Å²) in [5.74, 6) is -2.94. The Morgan fingerprint density at radius 1 is 0.649 bits per heavy atom. The third-order valence-corrected chi connectivity index (χ3v) is 4.80. The van der Waals surface area contributed by atoms with Gasteiger partial charge in [0.05, 0.1) is 27.9 Å². The van der Waals surface area contributed by atoms with Crippen LogP contribution >= 0.6 is 0 Å². The Bertz CT molecular complexity index is 837. The van der Waals surface area contributed by atoms with Crippen LogP contribution in [0.2, 0.25) is 0 Å². The maximum absolute atomic E-state index is 12.9. The van der Waals surface area contributed by atoms with Crippen molar-refractivity contribution in [2.45, 2.75) is 108 Å². The van der Waals surface area contributed by atoms with Gasteiger partial charge in [0.15, 0.2) is 18.3 Å². The van der Waals surface area contributed by atoms with Crippen molar-refractivity contribution in [3.05, 3.63) is 0 Å². The Hall–Kier alpha value is -2.69. The zero-order valence-corrected chi connectivity index (χ0v) is 24.2. The number of nitrogens with zero attached hydrogens (tertiary/aromatic N) is 1. The number of oxime groups is 1. The van der Waals surface area contributed by atoms with E-state index in [2.05, 4.69) is 5.16 Å². The smallest absolute Gasteiger partial charge is 0.312 e. The first-order valence-corrected chi connectivity index (χ1v) is 12.1. The number of carbonyl (C=O) groups is 4. The highest BCUT2D eigenvalue weighted by Gasteiger charge is 2.46. The van der Waals surface area contributed by atoms with Crippen molar-refractivity contribution in [1.82, 2.24) is 0 Å². The van der Waals surface area contributed by atoms with E-state index in [0.717, 1.165) is 6.21 Å². The molecule has 11 heteroatoms. The summed E-state index contributed by atoms with van der Waals surface area (Å²) in [5, 5.41) is 23.3. The first-order chi connectivity index (χ1) is 16.4. The Kier molecular flexibility index (Phi) is 11.8. The summed E-state index contributed by atoms with van der Waals surface area (Å²) < 4.78 is 21.9. The Labute approximate surface area is 219 Å². The molecular weight excluding hydrogens is 486 g/mol. The summed E-state index contributed by atoms with van der Waals surface area (Å²) in [6.45, 7) is 18.4. The normalized spacial score (nSPS) is 16.4. The van der Waals surface area contributed by atoms with Gasteiger partial charge in [-0.25, -0.2) is 0 Å². The van der Waals surface area contributed by atoms with Crippen molar-refractivity contribution in [3.8, 4) is 0 Å². The molecule has 0 aromatic carbocycles. The molecule has 0 saturated carbocycles. The van der Waals surface area contributed by atoms with E-state index in [4.69, 9.17) is 18.9 Å². The molecule has 0 radical (unpaired) electrons. The molecule has 37 heavy (non-hydrogen) atoms. The van der Waals surface area contributed by atoms with Gasteiger partial charge in [-0.1, -0.05) is 5.16 Å². The quantitative estimate of drug-likeness (QED) is 0.149. The second-order valence-electron chi connectivity index (χ2n) is 13.0. The fourth-order valence-electron chi connectivity index (χ4n) is 2.31. The zero-order valence-electron chi connectivity index (χ0n) is 24.2. The van der Waals surface area contributed by atoms with E-state index in [1.165, 1.54) is 0 Å². The van der Waals surface area contributed by atoms with Gasteiger partial charge in [-0.05, 0) is 83.1 Å². The van der Waals surface area contributed by atoms with Crippen molar-refractivity contribution >= 4 is 30.1 Å². The Morgan fingerprint density at radius 3 is 1.35 bits per heavy atom. The lowest BCUT2D eigenvalue weighted by Crippen LogP contribution is -2.54. The maximum Gasteiger partial charge on any atom is 0.312 e. The van der Waals surface area contributed by atoms with E-state index in [1.54, 1.807) is 83.1 Å². The summed E-state index contributed by atoms with van der Waals surface area (Å²) in [6.07, 6.45) is -5.84. The fourth-order valence-corrected chi connectivity index (χ4v) is 2.31. The molecule has 0 spiro atoms. The van der Waals surface area contributed by atoms with Crippen molar-refractivity contribution < 1.29 is 48.4 Å². The van der Waals surface area contributed by atoms with Crippen LogP contribution in [0.15, 0.2) is 5.16 Å². The number of esters is 4. The van der Waals surface area contributed by atoms with E-state index >= 15 is 0 Å². The molecule has 0 heterocycles. The van der Waals surface area contributed by atoms with Crippen LogP contribution in [0.4, 0.5) is 0 Å². The standard InChI is InChI=1S/C26H45NO10/c1-23(2,3)19(29)34-14-15(28)17(36-21(31)25(7,8)9)18(37-22(32)26(10,11)12)16(13-27-33)35-20(30)24(4,5)6/h13,15-18,28,33H,14H2,1-12H3. The largest absolute Gasteiger partial charge is 0.462 e. The van der Waals surface area contributed by atoms with Crippen LogP contribution < -0.4 is 0 Å². The van der Waals surface area contributed by atoms with E-state index in [1.807, 2.05) is 0 Å². The summed E-state index contributed by atoms with van der Waals surface area (Å²) in [5.41, 5.74) is -3.97. The summed E-state index contributed by atoms with van der Waals surface area (Å²) in [7, 11) is 0. The number of ether oxygens (including phenoxy) is 4. The monoisotopic (exact) mass is 531 g/mol. The molecule has 0 rings (SSSR count). The number of aliphatic hydroxyl groups is 1. The van der Waals surface area contributed by atoms with Gasteiger partial charge >= 0.3 is 23.9 Å². The lowest BCUT2D eigenvalue weighted by Gasteiger charge is -2.36. The van der Waals surface area contributed by atoms with Crippen molar-refractivity contribution in [3.63, 3.8) is 0 Å². The van der Waals surface area contributed by atoms with Gasteiger partial charge in [-0.15, -0.1) is 0 Å². The van der Waals surface area contributed by atoms with E-state index in [9.17, 15) is 29.5 Å². The lowest BCUT2D eigenvalue weighted by molar-refractivity contribution is -0.202. The van der Waals surface area contributed by atoms with Gasteiger partial charge in [0, 0.05) is 0 Å². The van der Waals surface area contributed by atoms with Gasteiger partial charge in [0.25, 0.3) is 0 Å². The molecule has 4 unspecified atom stereocenters. The summed E-state index contributed by atoms with van der Waals surface area (Å²) in [6, 6.07) is 0. The molecule has 0 amide bonds. The molecule has 0 aliphatic rings. The number of hydrogen-bond donors (Lipinski definition) is 2. The minimum Gasteiger partial charge on any atom is -0.462 e. The van der Waals surface area contributed by atoms with E-state index in [0.29, 0.717) is 0 Å². The van der Waals surface area contributed by atoms with Crippen LogP contribution in [0.5, 0.6) is 0 Å². The summed E-state index contributed by atoms with van der Waals surface area (Å²) >= 11 is 0. The minimum atomic E-state index is -1.71. The SMILES string of the molecule is CC(C)(C)C(=O)OCC(O)C(OC(=O)C(C)(C)C)C(OC(=O)C(C)(C)C)C(C=NO)OC(=O)C(C)(C)C. The Morgan fingerprint density at radius 2 is 1.00 bits per heavy atom. The highest BCUT2D eigenvalue weighted by Crippen LogP contribution is 2.27. The number of carbonyl (C=O) groups excluding carboxylic acids is 4. The van der Waals surface area contributed by atoms with Crippen molar-refractivity contribution in [1.29, 1.82) is 0 Å². The van der Waals surface area contributed by atoms with Crippen LogP contribution in [0, 0.1) is 21.7 Å². The van der Waals surface area contributed by atoms with Gasteiger partial charge in [0.2, 0.25) is 0 Å². The second kappa shape index (κ2) is 12.7. The topological polar surface area (TPSA) is 158 Å². The van der Waals surface area contributed by atoms with Crippen LogP contribution in [0.3, 0.4) is 0 Å². The number of rotatable bonds is 9. The van der Waals surface area contributed by atoms with Gasteiger partial charge in [0.1, 0.15) is 12.7 Å². The van der Waals surface area contributed by atoms with Gasteiger partial charge in [-0.2, -0.15) is 0 Å². The highest BCUT2D eigenvalue weighted by atomic mass is 16.6. The molecule has 0 aliphatic heterocycles. The highest BCUT2D eigenvalue weighted by molar-refractivity contribution is 5.80. The van der Waals surface area contributed by atoms with Crippen LogP contribution in [0.25, 0.3) is 0 Å². The zero-order chi connectivity index (χ0) is 29.6. The average molecular weight is 532 g/mol. The molecule has 0 aliphatic carbocycles. The molecule has 4 atom stereocenters. The van der Waals surface area contributed by atoms with E-state index < -0.39 is 76.6 Å². The van der Waals surface area contributed by atoms with Crippen LogP contribution in [-0.4, -0.2) is 71.4 Å². The molecule has 0 saturated heterocycles. The Balaban J connectivity index is 6.66. The molecule has 2 N–H and O–H groups in total. The molecule has 214 valence electrons. The average Bonchev–Trinajstić information content (AvgIpc) is 2.70. The predicted octanol–water partition coefficient (Wildman–Crippen LogP) is 3.27. The summed E-state index contributed by atoms with van der Waals surface area (Å²) in [4.78, 5) is 50.7. The lowest BCUT2D eigenvalue weighted by atomic mass is 9.94. The number of aliphatic hydroxyl groups excluding tert-OH is 1. The molecule has 0 aromatic heterocycles. The molecule has 0 bridgehead atoms.